The minimum atomic E-state index is -1.16. The molecule has 150 valence electrons. The molecule has 0 fully saturated rings. The second-order valence-corrected chi connectivity index (χ2v) is 6.39. The second-order valence-electron chi connectivity index (χ2n) is 6.39. The summed E-state index contributed by atoms with van der Waals surface area (Å²) in [6, 6.07) is 14.5. The number of carboxylic acid groups (broad SMARTS) is 1. The number of nitrogens with zero attached hydrogens (tertiary/aromatic N) is 3. The van der Waals surface area contributed by atoms with E-state index in [1.165, 1.54) is 24.3 Å². The monoisotopic (exact) mass is 404 g/mol. The van der Waals surface area contributed by atoms with Crippen molar-refractivity contribution in [2.75, 3.05) is 6.61 Å². The lowest BCUT2D eigenvalue weighted by Crippen LogP contribution is -2.01. The lowest BCUT2D eigenvalue weighted by Gasteiger charge is -2.10. The van der Waals surface area contributed by atoms with Gasteiger partial charge in [-0.05, 0) is 25.1 Å². The van der Waals surface area contributed by atoms with Crippen LogP contribution in [0, 0.1) is 10.1 Å². The number of ether oxygens (including phenoxy) is 1. The van der Waals surface area contributed by atoms with E-state index in [0.717, 1.165) is 0 Å². The number of carboxylic acids is 1. The van der Waals surface area contributed by atoms with Crippen LogP contribution in [0.15, 0.2) is 54.6 Å². The number of benzene rings is 2. The van der Waals surface area contributed by atoms with Gasteiger partial charge in [0.2, 0.25) is 0 Å². The summed E-state index contributed by atoms with van der Waals surface area (Å²) >= 11 is 0. The summed E-state index contributed by atoms with van der Waals surface area (Å²) in [5.41, 5.74) is 1.91. The van der Waals surface area contributed by atoms with E-state index in [9.17, 15) is 20.0 Å². The normalized spacial score (nSPS) is 10.8. The molecule has 2 N–H and O–H groups in total. The number of rotatable bonds is 6. The number of aromatic nitrogens is 3. The first-order valence-corrected chi connectivity index (χ1v) is 9.09. The highest BCUT2D eigenvalue weighted by Gasteiger charge is 2.21. The number of pyridine rings is 1. The third-order valence-corrected chi connectivity index (χ3v) is 4.56. The van der Waals surface area contributed by atoms with Crippen molar-refractivity contribution < 1.29 is 19.6 Å². The van der Waals surface area contributed by atoms with Crippen molar-refractivity contribution in [3.05, 3.63) is 70.3 Å². The van der Waals surface area contributed by atoms with Crippen molar-refractivity contribution in [3.8, 4) is 28.3 Å². The fourth-order valence-corrected chi connectivity index (χ4v) is 3.27. The van der Waals surface area contributed by atoms with Gasteiger partial charge >= 0.3 is 5.97 Å². The van der Waals surface area contributed by atoms with Gasteiger partial charge in [0.05, 0.1) is 33.9 Å². The third kappa shape index (κ3) is 3.32. The molecule has 4 rings (SSSR count). The number of non-ortho nitro benzene ring substituents is 1. The molecule has 0 unspecified atom stereocenters. The maximum absolute atomic E-state index is 12.1. The minimum absolute atomic E-state index is 0.0171. The Labute approximate surface area is 170 Å². The summed E-state index contributed by atoms with van der Waals surface area (Å²) < 4.78 is 5.63. The first-order valence-electron chi connectivity index (χ1n) is 9.09. The third-order valence-electron chi connectivity index (χ3n) is 4.56. The van der Waals surface area contributed by atoms with Crippen LogP contribution in [-0.2, 0) is 0 Å². The number of para-hydroxylation sites is 1. The SMILES string of the molecule is CCOc1ccccc1-c1cc(C(=O)O)c2c(-c3cccc([N+](=O)[O-])c3)[nH]nc2n1. The fraction of sp³-hybridized carbons (Fsp3) is 0.0952. The molecule has 0 aliphatic heterocycles. The van der Waals surface area contributed by atoms with E-state index in [1.54, 1.807) is 18.2 Å². The average molecular weight is 404 g/mol. The number of nitro groups is 1. The van der Waals surface area contributed by atoms with Gasteiger partial charge in [-0.1, -0.05) is 24.3 Å². The highest BCUT2D eigenvalue weighted by Crippen LogP contribution is 2.35. The van der Waals surface area contributed by atoms with E-state index in [2.05, 4.69) is 15.2 Å². The maximum Gasteiger partial charge on any atom is 0.336 e. The van der Waals surface area contributed by atoms with Crippen LogP contribution in [0.3, 0.4) is 0 Å². The zero-order chi connectivity index (χ0) is 21.3. The molecule has 0 spiro atoms. The number of nitro benzene ring substituents is 1. The number of hydrogen-bond acceptors (Lipinski definition) is 6. The Morgan fingerprint density at radius 3 is 2.73 bits per heavy atom. The van der Waals surface area contributed by atoms with Gasteiger partial charge in [0.1, 0.15) is 5.75 Å². The molecule has 4 aromatic rings. The lowest BCUT2D eigenvalue weighted by atomic mass is 10.0. The highest BCUT2D eigenvalue weighted by atomic mass is 16.6. The van der Waals surface area contributed by atoms with Crippen LogP contribution < -0.4 is 4.74 Å². The molecule has 9 heteroatoms. The molecule has 9 nitrogen and oxygen atoms in total. The quantitative estimate of drug-likeness (QED) is 0.362. The van der Waals surface area contributed by atoms with Gasteiger partial charge < -0.3 is 9.84 Å². The zero-order valence-electron chi connectivity index (χ0n) is 15.8. The number of aromatic carboxylic acids is 1. The molecule has 30 heavy (non-hydrogen) atoms. The van der Waals surface area contributed by atoms with E-state index in [1.807, 2.05) is 19.1 Å². The lowest BCUT2D eigenvalue weighted by molar-refractivity contribution is -0.384. The first kappa shape index (κ1) is 19.1. The number of fused-ring (bicyclic) bond motifs is 1. The van der Waals surface area contributed by atoms with E-state index in [-0.39, 0.29) is 22.3 Å². The molecule has 0 bridgehead atoms. The van der Waals surface area contributed by atoms with Crippen LogP contribution in [0.1, 0.15) is 17.3 Å². The van der Waals surface area contributed by atoms with Crippen molar-refractivity contribution in [1.29, 1.82) is 0 Å². The Morgan fingerprint density at radius 2 is 2.00 bits per heavy atom. The van der Waals surface area contributed by atoms with Gasteiger partial charge in [-0.25, -0.2) is 9.78 Å². The first-order chi connectivity index (χ1) is 14.5. The number of carbonyl (C=O) groups is 1. The maximum atomic E-state index is 12.1. The summed E-state index contributed by atoms with van der Waals surface area (Å²) in [6.45, 7) is 2.31. The van der Waals surface area contributed by atoms with E-state index >= 15 is 0 Å². The molecule has 0 amide bonds. The molecule has 2 aromatic heterocycles. The van der Waals surface area contributed by atoms with Crippen molar-refractivity contribution in [1.82, 2.24) is 15.2 Å². The number of hydrogen-bond donors (Lipinski definition) is 2. The summed E-state index contributed by atoms with van der Waals surface area (Å²) in [5, 5.41) is 28.2. The molecule has 0 aliphatic carbocycles. The zero-order valence-corrected chi connectivity index (χ0v) is 15.8. The summed E-state index contributed by atoms with van der Waals surface area (Å²) in [5.74, 6) is -0.580. The smallest absolute Gasteiger partial charge is 0.336 e. The average Bonchev–Trinajstić information content (AvgIpc) is 3.17. The predicted molar refractivity (Wildman–Crippen MR) is 110 cm³/mol. The molecule has 2 aromatic carbocycles. The fourth-order valence-electron chi connectivity index (χ4n) is 3.27. The molecular formula is C21H16N4O5. The second kappa shape index (κ2) is 7.63. The van der Waals surface area contributed by atoms with E-state index in [0.29, 0.717) is 34.9 Å². The van der Waals surface area contributed by atoms with Crippen LogP contribution in [0.25, 0.3) is 33.5 Å². The van der Waals surface area contributed by atoms with Crippen molar-refractivity contribution >= 4 is 22.7 Å². The Balaban J connectivity index is 1.94. The largest absolute Gasteiger partial charge is 0.493 e. The van der Waals surface area contributed by atoms with Crippen LogP contribution >= 0.6 is 0 Å². The van der Waals surface area contributed by atoms with Crippen LogP contribution in [0.5, 0.6) is 5.75 Å². The van der Waals surface area contributed by atoms with Gasteiger partial charge in [0.15, 0.2) is 5.65 Å². The van der Waals surface area contributed by atoms with Crippen molar-refractivity contribution in [3.63, 3.8) is 0 Å². The Hall–Kier alpha value is -4.27. The summed E-state index contributed by atoms with van der Waals surface area (Å²) in [4.78, 5) is 27.2. The number of nitrogens with one attached hydrogen (secondary N) is 1. The minimum Gasteiger partial charge on any atom is -0.493 e. The topological polar surface area (TPSA) is 131 Å². The Bertz CT molecular complexity index is 1280. The van der Waals surface area contributed by atoms with Gasteiger partial charge in [-0.2, -0.15) is 5.10 Å². The van der Waals surface area contributed by atoms with Crippen LogP contribution in [-0.4, -0.2) is 37.8 Å². The Morgan fingerprint density at radius 1 is 1.20 bits per heavy atom. The van der Waals surface area contributed by atoms with E-state index in [4.69, 9.17) is 4.74 Å². The van der Waals surface area contributed by atoms with Gasteiger partial charge in [0, 0.05) is 23.3 Å². The molecule has 0 saturated heterocycles. The van der Waals surface area contributed by atoms with Gasteiger partial charge in [0.25, 0.3) is 5.69 Å². The van der Waals surface area contributed by atoms with E-state index < -0.39 is 10.9 Å². The van der Waals surface area contributed by atoms with Crippen LogP contribution in [0.4, 0.5) is 5.69 Å². The molecule has 0 aliphatic rings. The molecule has 0 atom stereocenters. The van der Waals surface area contributed by atoms with Crippen molar-refractivity contribution in [2.24, 2.45) is 0 Å². The van der Waals surface area contributed by atoms with Gasteiger partial charge in [-0.15, -0.1) is 0 Å². The number of aromatic amines is 1. The summed E-state index contributed by atoms with van der Waals surface area (Å²) in [6.07, 6.45) is 0. The van der Waals surface area contributed by atoms with Crippen LogP contribution in [0.2, 0.25) is 0 Å². The molecule has 0 saturated carbocycles. The standard InChI is InChI=1S/C21H16N4O5/c1-2-30-17-9-4-3-8-14(17)16-11-15(21(26)27)18-19(23-24-20(18)22-16)12-6-5-7-13(10-12)25(28)29/h3-11H,2H2,1H3,(H,26,27)(H,22,23,24). The number of H-pyrrole nitrogens is 1. The Kier molecular flexibility index (Phi) is 4.85. The summed E-state index contributed by atoms with van der Waals surface area (Å²) in [7, 11) is 0. The molecule has 2 heterocycles. The van der Waals surface area contributed by atoms with Crippen molar-refractivity contribution in [2.45, 2.75) is 6.92 Å². The molecular weight excluding hydrogens is 388 g/mol. The predicted octanol–water partition coefficient (Wildman–Crippen LogP) is 4.30. The molecule has 0 radical (unpaired) electrons. The van der Waals surface area contributed by atoms with Gasteiger partial charge in [-0.3, -0.25) is 15.2 Å². The highest BCUT2D eigenvalue weighted by molar-refractivity contribution is 6.08.